The summed E-state index contributed by atoms with van der Waals surface area (Å²) < 4.78 is 50.8. The SMILES string of the molecule is [2H]C([2H])(CC(=O)c1nc(N)nc2c(OC)cccc12)c1cccc(C([2H])([2H])c2ccc(C(C)(C)OCOC)nc2)n1. The van der Waals surface area contributed by atoms with Crippen LogP contribution in [-0.2, 0) is 27.8 Å². The Hall–Kier alpha value is -3.95. The predicted octanol–water partition coefficient (Wildman–Crippen LogP) is 4.27. The lowest BCUT2D eigenvalue weighted by Crippen LogP contribution is -2.24. The third-order valence-electron chi connectivity index (χ3n) is 5.56. The van der Waals surface area contributed by atoms with Gasteiger partial charge in [0.25, 0.3) is 0 Å². The van der Waals surface area contributed by atoms with Gasteiger partial charge in [-0.05, 0) is 50.0 Å². The summed E-state index contributed by atoms with van der Waals surface area (Å²) in [5.74, 6) is -0.359. The number of carbonyl (C=O) groups excluding carboxylic acids is 1. The normalized spacial score (nSPS) is 13.9. The second kappa shape index (κ2) is 11.4. The van der Waals surface area contributed by atoms with Crippen LogP contribution < -0.4 is 10.5 Å². The van der Waals surface area contributed by atoms with E-state index in [-0.39, 0.29) is 35.4 Å². The summed E-state index contributed by atoms with van der Waals surface area (Å²) in [6, 6.07) is 12.6. The fourth-order valence-corrected chi connectivity index (χ4v) is 3.63. The van der Waals surface area contributed by atoms with Crippen LogP contribution in [0.5, 0.6) is 5.75 Å². The van der Waals surface area contributed by atoms with Crippen LogP contribution >= 0.6 is 0 Å². The number of nitrogens with zero attached hydrogens (tertiary/aromatic N) is 4. The Bertz CT molecular complexity index is 1570. The molecule has 0 bridgehead atoms. The first-order valence-corrected chi connectivity index (χ1v) is 11.5. The quantitative estimate of drug-likeness (QED) is 0.235. The molecular formula is C28H31N5O4. The second-order valence-corrected chi connectivity index (χ2v) is 8.59. The van der Waals surface area contributed by atoms with Gasteiger partial charge in [-0.25, -0.2) is 9.97 Å². The van der Waals surface area contributed by atoms with E-state index >= 15 is 0 Å². The van der Waals surface area contributed by atoms with E-state index in [1.165, 1.54) is 38.6 Å². The summed E-state index contributed by atoms with van der Waals surface area (Å²) in [5.41, 5.74) is 6.07. The Morgan fingerprint density at radius 3 is 2.54 bits per heavy atom. The number of hydrogen-bond donors (Lipinski definition) is 1. The highest BCUT2D eigenvalue weighted by molar-refractivity contribution is 6.07. The third-order valence-corrected chi connectivity index (χ3v) is 5.56. The molecule has 3 aromatic heterocycles. The topological polar surface area (TPSA) is 122 Å². The number of benzene rings is 1. The van der Waals surface area contributed by atoms with Gasteiger partial charge in [0.1, 0.15) is 29.4 Å². The van der Waals surface area contributed by atoms with Gasteiger partial charge < -0.3 is 19.9 Å². The monoisotopic (exact) mass is 505 g/mol. The number of ketones is 1. The van der Waals surface area contributed by atoms with Crippen LogP contribution in [0.25, 0.3) is 10.9 Å². The fourth-order valence-electron chi connectivity index (χ4n) is 3.63. The van der Waals surface area contributed by atoms with Crippen molar-refractivity contribution in [3.63, 3.8) is 0 Å². The molecule has 0 saturated carbocycles. The van der Waals surface area contributed by atoms with Crippen LogP contribution in [0.1, 0.15) is 58.9 Å². The molecule has 192 valence electrons. The Morgan fingerprint density at radius 2 is 1.81 bits per heavy atom. The van der Waals surface area contributed by atoms with Crippen LogP contribution in [0.2, 0.25) is 0 Å². The number of aryl methyl sites for hydroxylation is 1. The predicted molar refractivity (Wildman–Crippen MR) is 140 cm³/mol. The van der Waals surface area contributed by atoms with Crippen LogP contribution in [-0.4, -0.2) is 46.7 Å². The molecule has 0 radical (unpaired) electrons. The summed E-state index contributed by atoms with van der Waals surface area (Å²) >= 11 is 0. The maximum Gasteiger partial charge on any atom is 0.221 e. The number of nitrogen functional groups attached to an aromatic ring is 1. The van der Waals surface area contributed by atoms with Gasteiger partial charge in [0.15, 0.2) is 5.78 Å². The molecule has 0 aliphatic carbocycles. The molecule has 4 aromatic rings. The van der Waals surface area contributed by atoms with Crippen molar-refractivity contribution in [1.29, 1.82) is 0 Å². The van der Waals surface area contributed by atoms with Crippen LogP contribution in [0, 0.1) is 0 Å². The number of carbonyl (C=O) groups is 1. The fraction of sp³-hybridized carbons (Fsp3) is 0.321. The molecule has 0 fully saturated rings. The molecule has 3 heterocycles. The molecule has 4 rings (SSSR count). The number of rotatable bonds is 11. The summed E-state index contributed by atoms with van der Waals surface area (Å²) in [4.78, 5) is 30.3. The Balaban J connectivity index is 1.61. The Labute approximate surface area is 221 Å². The van der Waals surface area contributed by atoms with E-state index in [1.54, 1.807) is 30.3 Å². The number of ether oxygens (including phenoxy) is 3. The number of nitrogens with two attached hydrogens (primary N) is 1. The lowest BCUT2D eigenvalue weighted by atomic mass is 10.0. The van der Waals surface area contributed by atoms with E-state index in [0.717, 1.165) is 0 Å². The molecule has 0 aliphatic heterocycles. The number of Topliss-reactive ketones (excluding diaryl/α,β-unsaturated/α-hetero) is 1. The zero-order valence-corrected chi connectivity index (χ0v) is 21.1. The van der Waals surface area contributed by atoms with Gasteiger partial charge in [0.05, 0.1) is 12.8 Å². The van der Waals surface area contributed by atoms with Gasteiger partial charge in [0, 0.05) is 48.4 Å². The highest BCUT2D eigenvalue weighted by Crippen LogP contribution is 2.27. The van der Waals surface area contributed by atoms with E-state index in [4.69, 9.17) is 25.4 Å². The molecule has 9 nitrogen and oxygen atoms in total. The van der Waals surface area contributed by atoms with Crippen LogP contribution in [0.3, 0.4) is 0 Å². The van der Waals surface area contributed by atoms with Gasteiger partial charge in [0.2, 0.25) is 5.95 Å². The summed E-state index contributed by atoms with van der Waals surface area (Å²) in [6.45, 7) is 3.73. The van der Waals surface area contributed by atoms with Gasteiger partial charge in [-0.3, -0.25) is 14.8 Å². The molecule has 0 saturated heterocycles. The van der Waals surface area contributed by atoms with Gasteiger partial charge >= 0.3 is 0 Å². The minimum absolute atomic E-state index is 0.0303. The van der Waals surface area contributed by atoms with Crippen LogP contribution in [0.15, 0.2) is 54.7 Å². The minimum atomic E-state index is -2.25. The molecular weight excluding hydrogens is 470 g/mol. The smallest absolute Gasteiger partial charge is 0.221 e. The molecule has 0 amide bonds. The number of aromatic nitrogens is 4. The Kier molecular flexibility index (Phi) is 6.52. The molecule has 37 heavy (non-hydrogen) atoms. The van der Waals surface area contributed by atoms with E-state index in [1.807, 2.05) is 13.8 Å². The standard InChI is InChI=1S/C28H31N5O4/c1-28(2,37-17-35-3)24-14-11-18(16-30-24)15-20-8-5-7-19(31-20)12-13-22(34)25-21-9-6-10-23(36-4)26(21)33-27(29)32-25/h5-11,14,16H,12-13,15,17H2,1-4H3,(H2,29,32,33)/i12D2,15D2. The zero-order valence-electron chi connectivity index (χ0n) is 25.1. The molecule has 0 unspecified atom stereocenters. The van der Waals surface area contributed by atoms with Crippen molar-refractivity contribution in [1.82, 2.24) is 19.9 Å². The summed E-state index contributed by atoms with van der Waals surface area (Å²) in [7, 11) is 2.99. The Morgan fingerprint density at radius 1 is 1.03 bits per heavy atom. The number of anilines is 1. The number of methoxy groups -OCH3 is 2. The molecule has 2 N–H and O–H groups in total. The number of hydrogen-bond acceptors (Lipinski definition) is 9. The minimum Gasteiger partial charge on any atom is -0.494 e. The lowest BCUT2D eigenvalue weighted by Gasteiger charge is -2.24. The first-order chi connectivity index (χ1) is 19.3. The summed E-state index contributed by atoms with van der Waals surface area (Å²) in [5, 5.41) is 0.379. The largest absolute Gasteiger partial charge is 0.494 e. The second-order valence-electron chi connectivity index (χ2n) is 8.59. The van der Waals surface area contributed by atoms with Crippen LogP contribution in [0.4, 0.5) is 5.95 Å². The van der Waals surface area contributed by atoms with E-state index < -0.39 is 30.6 Å². The van der Waals surface area contributed by atoms with E-state index in [0.29, 0.717) is 22.3 Å². The van der Waals surface area contributed by atoms with Crippen molar-refractivity contribution < 1.29 is 24.5 Å². The molecule has 1 aromatic carbocycles. The molecule has 0 aliphatic rings. The van der Waals surface area contributed by atoms with E-state index in [9.17, 15) is 4.79 Å². The lowest BCUT2D eigenvalue weighted by molar-refractivity contribution is -0.120. The van der Waals surface area contributed by atoms with Gasteiger partial charge in [-0.15, -0.1) is 0 Å². The molecule has 0 spiro atoms. The highest BCUT2D eigenvalue weighted by Gasteiger charge is 2.23. The van der Waals surface area contributed by atoms with Crippen molar-refractivity contribution in [3.05, 3.63) is 83.1 Å². The van der Waals surface area contributed by atoms with Gasteiger partial charge in [-0.1, -0.05) is 24.3 Å². The first-order valence-electron chi connectivity index (χ1n) is 13.5. The maximum absolute atomic E-state index is 13.3. The average molecular weight is 506 g/mol. The van der Waals surface area contributed by atoms with Gasteiger partial charge in [-0.2, -0.15) is 0 Å². The first kappa shape index (κ1) is 21.2. The highest BCUT2D eigenvalue weighted by atomic mass is 16.7. The number of para-hydroxylation sites is 1. The summed E-state index contributed by atoms with van der Waals surface area (Å²) in [6.07, 6.45) is -3.56. The third kappa shape index (κ3) is 6.25. The molecule has 9 heteroatoms. The van der Waals surface area contributed by atoms with Crippen molar-refractivity contribution in [2.24, 2.45) is 0 Å². The average Bonchev–Trinajstić information content (AvgIpc) is 2.95. The van der Waals surface area contributed by atoms with E-state index in [2.05, 4.69) is 19.9 Å². The zero-order chi connectivity index (χ0) is 30.0. The molecule has 0 atom stereocenters. The van der Waals surface area contributed by atoms with Crippen molar-refractivity contribution in [3.8, 4) is 5.75 Å². The number of pyridine rings is 2. The maximum atomic E-state index is 13.3. The van der Waals surface area contributed by atoms with Crippen molar-refractivity contribution in [2.75, 3.05) is 26.7 Å². The van der Waals surface area contributed by atoms with Crippen molar-refractivity contribution >= 4 is 22.6 Å². The van der Waals surface area contributed by atoms with Crippen molar-refractivity contribution in [2.45, 2.75) is 38.6 Å². The number of fused-ring (bicyclic) bond motifs is 1.